The Labute approximate surface area is 339 Å². The monoisotopic (exact) mass is 791 g/mol. The number of aliphatic hydroxyl groups excluding tert-OH is 2. The first-order chi connectivity index (χ1) is 28.0. The Hall–Kier alpha value is -4.61. The third kappa shape index (κ3) is 8.51. The fraction of sp³-hybridized carbons (Fsp3) is 0.404. The molecule has 1 heterocycles. The van der Waals surface area contributed by atoms with E-state index in [4.69, 9.17) is 28.9 Å². The van der Waals surface area contributed by atoms with Crippen LogP contribution in [0.3, 0.4) is 0 Å². The Kier molecular flexibility index (Phi) is 13.4. The molecule has 3 aliphatic rings. The van der Waals surface area contributed by atoms with E-state index in [0.29, 0.717) is 42.3 Å². The van der Waals surface area contributed by atoms with Gasteiger partial charge in [0.2, 0.25) is 5.79 Å². The Morgan fingerprint density at radius 3 is 2.47 bits per heavy atom. The van der Waals surface area contributed by atoms with Gasteiger partial charge >= 0.3 is 0 Å². The summed E-state index contributed by atoms with van der Waals surface area (Å²) < 4.78 is 26.3. The standard InChI is InChI=1S/C47H53NO8S/c1-4-24-53-47-44(57-37-19-16-31-12-6-7-13-32(31)26-37)29-41(48-54-5-2)39-27-33(14-8-10-22-49)38(15-9-11-23-50)45(46(39)47)40-28-36(18-21-43(40)56-47)55-35-17-20-42(52-3)34(25-35)30-51/h4,6-7,12-13,16-21,25-28,30,33,38,44-46,49-50H,1,5,8-11,14-15,22-24,29H2,2-3H3/t33-,38+,44-,45+,46+,47+/m0/s1. The van der Waals surface area contributed by atoms with Gasteiger partial charge in [-0.1, -0.05) is 60.5 Å². The zero-order valence-electron chi connectivity index (χ0n) is 32.8. The second-order valence-corrected chi connectivity index (χ2v) is 16.2. The molecule has 9 nitrogen and oxygen atoms in total. The SMILES string of the molecule is C=CCO[C@@]12Oc3ccc(Oc4ccc(OC)c(C=O)c4)cc3[C@H]3[C@H](CCCCO)[C@@H](CCCCO)C=C(C(=NOCC)C[C@@H]1Sc1ccc4ccccc4c1)[C@H]32. The van der Waals surface area contributed by atoms with Gasteiger partial charge in [0.1, 0.15) is 29.6 Å². The van der Waals surface area contributed by atoms with Crippen molar-refractivity contribution in [1.29, 1.82) is 0 Å². The van der Waals surface area contributed by atoms with Gasteiger partial charge in [-0.25, -0.2) is 0 Å². The number of oxime groups is 1. The van der Waals surface area contributed by atoms with Crippen LogP contribution in [0.4, 0.5) is 0 Å². The Morgan fingerprint density at radius 1 is 0.947 bits per heavy atom. The van der Waals surface area contributed by atoms with Gasteiger partial charge in [0, 0.05) is 36.0 Å². The van der Waals surface area contributed by atoms with Gasteiger partial charge in [-0.15, -0.1) is 18.3 Å². The molecule has 0 saturated heterocycles. The van der Waals surface area contributed by atoms with Crippen molar-refractivity contribution in [3.63, 3.8) is 0 Å². The maximum absolute atomic E-state index is 11.9. The molecule has 300 valence electrons. The lowest BCUT2D eigenvalue weighted by atomic mass is 9.56. The van der Waals surface area contributed by atoms with E-state index in [9.17, 15) is 15.0 Å². The number of aldehydes is 1. The van der Waals surface area contributed by atoms with E-state index in [1.807, 2.05) is 19.1 Å². The smallest absolute Gasteiger partial charge is 0.231 e. The fourth-order valence-corrected chi connectivity index (χ4v) is 10.4. The lowest BCUT2D eigenvalue weighted by Crippen LogP contribution is -2.64. The van der Waals surface area contributed by atoms with Crippen LogP contribution < -0.4 is 14.2 Å². The molecule has 0 amide bonds. The second kappa shape index (κ2) is 18.8. The maximum atomic E-state index is 11.9. The highest BCUT2D eigenvalue weighted by Crippen LogP contribution is 2.63. The third-order valence-corrected chi connectivity index (χ3v) is 12.8. The van der Waals surface area contributed by atoms with Crippen molar-refractivity contribution in [3.05, 3.63) is 114 Å². The van der Waals surface area contributed by atoms with Crippen molar-refractivity contribution in [3.8, 4) is 23.0 Å². The topological polar surface area (TPSA) is 116 Å². The number of nitrogens with zero attached hydrogens (tertiary/aromatic N) is 1. The number of hydrogen-bond acceptors (Lipinski definition) is 10. The number of methoxy groups -OCH3 is 1. The predicted molar refractivity (Wildman–Crippen MR) is 225 cm³/mol. The number of rotatable bonds is 19. The Morgan fingerprint density at radius 2 is 1.72 bits per heavy atom. The zero-order valence-corrected chi connectivity index (χ0v) is 33.6. The van der Waals surface area contributed by atoms with E-state index in [1.165, 1.54) is 12.5 Å². The van der Waals surface area contributed by atoms with Crippen molar-refractivity contribution in [2.24, 2.45) is 22.9 Å². The molecule has 1 fully saturated rings. The van der Waals surface area contributed by atoms with Crippen molar-refractivity contribution in [2.45, 2.75) is 73.7 Å². The van der Waals surface area contributed by atoms with Crippen LogP contribution in [0.2, 0.25) is 0 Å². The molecule has 7 rings (SSSR count). The lowest BCUT2D eigenvalue weighted by Gasteiger charge is -2.58. The summed E-state index contributed by atoms with van der Waals surface area (Å²) in [5, 5.41) is 26.7. The number of thioether (sulfide) groups is 1. The lowest BCUT2D eigenvalue weighted by molar-refractivity contribution is -0.223. The van der Waals surface area contributed by atoms with E-state index in [0.717, 1.165) is 71.3 Å². The molecule has 0 unspecified atom stereocenters. The Bertz CT molecular complexity index is 2100. The number of ether oxygens (including phenoxy) is 4. The van der Waals surface area contributed by atoms with Gasteiger partial charge in [0.15, 0.2) is 6.29 Å². The summed E-state index contributed by atoms with van der Waals surface area (Å²) in [4.78, 5) is 18.8. The molecule has 10 heteroatoms. The average molecular weight is 792 g/mol. The highest BCUT2D eigenvalue weighted by molar-refractivity contribution is 8.00. The van der Waals surface area contributed by atoms with E-state index < -0.39 is 5.79 Å². The van der Waals surface area contributed by atoms with Gasteiger partial charge < -0.3 is 34.0 Å². The molecular formula is C47H53NO8S. The molecule has 1 saturated carbocycles. The largest absolute Gasteiger partial charge is 0.496 e. The van der Waals surface area contributed by atoms with E-state index >= 15 is 0 Å². The first kappa shape index (κ1) is 40.6. The van der Waals surface area contributed by atoms with Crippen LogP contribution in [0.25, 0.3) is 10.8 Å². The van der Waals surface area contributed by atoms with Crippen molar-refractivity contribution in [1.82, 2.24) is 0 Å². The molecule has 2 N–H and O–H groups in total. The van der Waals surface area contributed by atoms with Gasteiger partial charge in [0.05, 0.1) is 36.2 Å². The maximum Gasteiger partial charge on any atom is 0.231 e. The van der Waals surface area contributed by atoms with Gasteiger partial charge in [-0.05, 0) is 109 Å². The Balaban J connectivity index is 1.40. The first-order valence-corrected chi connectivity index (χ1v) is 21.0. The molecule has 6 atom stereocenters. The summed E-state index contributed by atoms with van der Waals surface area (Å²) in [6.07, 6.45) is 10.4. The molecule has 4 aromatic rings. The van der Waals surface area contributed by atoms with Crippen LogP contribution in [-0.4, -0.2) is 66.8 Å². The number of aliphatic hydroxyl groups is 2. The number of hydrogen-bond donors (Lipinski definition) is 2. The third-order valence-electron chi connectivity index (χ3n) is 11.5. The minimum Gasteiger partial charge on any atom is -0.496 e. The number of fused-ring (bicyclic) bond motifs is 3. The van der Waals surface area contributed by atoms with Crippen LogP contribution in [0.5, 0.6) is 23.0 Å². The number of carbonyl (C=O) groups is 1. The molecule has 0 radical (unpaired) electrons. The molecule has 1 aliphatic heterocycles. The molecule has 0 aromatic heterocycles. The summed E-state index contributed by atoms with van der Waals surface area (Å²) in [6.45, 7) is 6.98. The minimum absolute atomic E-state index is 0.0897. The number of benzene rings is 4. The summed E-state index contributed by atoms with van der Waals surface area (Å²) in [6, 6.07) is 26.1. The number of allylic oxidation sites excluding steroid dienone is 1. The first-order valence-electron chi connectivity index (χ1n) is 20.1. The fourth-order valence-electron chi connectivity index (χ4n) is 9.04. The van der Waals surface area contributed by atoms with Crippen LogP contribution >= 0.6 is 11.8 Å². The summed E-state index contributed by atoms with van der Waals surface area (Å²) in [5.74, 6) is 1.16. The van der Waals surface area contributed by atoms with Crippen molar-refractivity contribution < 1.29 is 38.8 Å². The van der Waals surface area contributed by atoms with E-state index in [2.05, 4.69) is 61.2 Å². The number of unbranched alkanes of at least 4 members (excludes halogenated alkanes) is 2. The molecule has 57 heavy (non-hydrogen) atoms. The normalized spacial score (nSPS) is 24.2. The van der Waals surface area contributed by atoms with E-state index in [-0.39, 0.29) is 48.7 Å². The summed E-state index contributed by atoms with van der Waals surface area (Å²) >= 11 is 1.74. The highest BCUT2D eigenvalue weighted by Gasteiger charge is 2.64. The minimum atomic E-state index is -1.11. The average Bonchev–Trinajstić information content (AvgIpc) is 3.24. The van der Waals surface area contributed by atoms with Crippen LogP contribution in [0, 0.1) is 17.8 Å². The summed E-state index contributed by atoms with van der Waals surface area (Å²) in [7, 11) is 1.53. The quantitative estimate of drug-likeness (QED) is 0.0414. The predicted octanol–water partition coefficient (Wildman–Crippen LogP) is 9.90. The molecular weight excluding hydrogens is 739 g/mol. The molecule has 4 aromatic carbocycles. The van der Waals surface area contributed by atoms with Gasteiger partial charge in [0.25, 0.3) is 0 Å². The van der Waals surface area contributed by atoms with Crippen molar-refractivity contribution in [2.75, 3.05) is 33.5 Å². The molecule has 0 bridgehead atoms. The zero-order chi connectivity index (χ0) is 39.8. The van der Waals surface area contributed by atoms with Gasteiger partial charge in [-0.3, -0.25) is 4.79 Å². The summed E-state index contributed by atoms with van der Waals surface area (Å²) in [5.41, 5.74) is 3.37. The number of carbonyl (C=O) groups excluding carboxylic acids is 1. The molecule has 2 aliphatic carbocycles. The van der Waals surface area contributed by atoms with Gasteiger partial charge in [-0.2, -0.15) is 0 Å². The van der Waals surface area contributed by atoms with Crippen LogP contribution in [0.15, 0.2) is 113 Å². The highest BCUT2D eigenvalue weighted by atomic mass is 32.2. The second-order valence-electron chi connectivity index (χ2n) is 14.9. The van der Waals surface area contributed by atoms with Crippen LogP contribution in [0.1, 0.15) is 73.7 Å². The van der Waals surface area contributed by atoms with Crippen LogP contribution in [-0.2, 0) is 9.57 Å². The van der Waals surface area contributed by atoms with E-state index in [1.54, 1.807) is 36.0 Å². The molecule has 0 spiro atoms. The van der Waals surface area contributed by atoms with Crippen molar-refractivity contribution >= 4 is 34.5 Å².